The van der Waals surface area contributed by atoms with Gasteiger partial charge in [0.05, 0.1) is 11.2 Å². The highest BCUT2D eigenvalue weighted by molar-refractivity contribution is 9.10. The quantitative estimate of drug-likeness (QED) is 0.622. The minimum atomic E-state index is -0.247. The van der Waals surface area contributed by atoms with Gasteiger partial charge in [-0.2, -0.15) is 0 Å². The Balaban J connectivity index is 1.92. The molecule has 1 amide bonds. The molecule has 0 saturated heterocycles. The molecule has 3 aromatic rings. The molecule has 0 aliphatic heterocycles. The number of carbonyl (C=O) groups is 1. The summed E-state index contributed by atoms with van der Waals surface area (Å²) in [6.07, 6.45) is 1.64. The highest BCUT2D eigenvalue weighted by Crippen LogP contribution is 2.22. The van der Waals surface area contributed by atoms with Gasteiger partial charge in [0, 0.05) is 16.1 Å². The Kier molecular flexibility index (Phi) is 3.39. The van der Waals surface area contributed by atoms with Crippen molar-refractivity contribution in [3.05, 3.63) is 52.3 Å². The number of pyridine rings is 1. The number of nitrogens with zero attached hydrogens (tertiary/aromatic N) is 1. The van der Waals surface area contributed by atoms with E-state index >= 15 is 0 Å². The van der Waals surface area contributed by atoms with Crippen molar-refractivity contribution in [1.82, 2.24) is 9.97 Å². The number of carbonyl (C=O) groups excluding carboxylic acids is 1. The summed E-state index contributed by atoms with van der Waals surface area (Å²) >= 11 is 3.34. The molecule has 0 bridgehead atoms. The molecule has 6 heteroatoms. The minimum absolute atomic E-state index is 0.247. The number of hydrogen-bond donors (Lipinski definition) is 3. The molecule has 0 aliphatic rings. The van der Waals surface area contributed by atoms with E-state index in [0.717, 1.165) is 20.9 Å². The Morgan fingerprint density at radius 1 is 1.38 bits per heavy atom. The van der Waals surface area contributed by atoms with Crippen molar-refractivity contribution in [2.75, 3.05) is 11.1 Å². The number of halogens is 1. The second-order valence-electron chi connectivity index (χ2n) is 4.77. The maximum atomic E-state index is 12.3. The van der Waals surface area contributed by atoms with Crippen molar-refractivity contribution in [3.63, 3.8) is 0 Å². The van der Waals surface area contributed by atoms with Gasteiger partial charge in [-0.15, -0.1) is 0 Å². The van der Waals surface area contributed by atoms with E-state index in [-0.39, 0.29) is 5.91 Å². The van der Waals surface area contributed by atoms with Crippen LogP contribution in [0.1, 0.15) is 16.1 Å². The number of anilines is 2. The topological polar surface area (TPSA) is 83.8 Å². The van der Waals surface area contributed by atoms with Crippen LogP contribution in [-0.2, 0) is 0 Å². The van der Waals surface area contributed by atoms with Crippen molar-refractivity contribution in [3.8, 4) is 0 Å². The van der Waals surface area contributed by atoms with Gasteiger partial charge in [0.15, 0.2) is 0 Å². The van der Waals surface area contributed by atoms with Crippen molar-refractivity contribution in [1.29, 1.82) is 0 Å². The Morgan fingerprint density at radius 2 is 2.19 bits per heavy atom. The molecule has 5 nitrogen and oxygen atoms in total. The number of benzene rings is 1. The van der Waals surface area contributed by atoms with E-state index in [1.165, 1.54) is 0 Å². The largest absolute Gasteiger partial charge is 0.397 e. The van der Waals surface area contributed by atoms with Crippen LogP contribution in [0.3, 0.4) is 0 Å². The van der Waals surface area contributed by atoms with E-state index in [1.807, 2.05) is 25.1 Å². The number of amides is 1. The van der Waals surface area contributed by atoms with Crippen molar-refractivity contribution < 1.29 is 4.79 Å². The number of nitrogens with two attached hydrogens (primary N) is 1. The van der Waals surface area contributed by atoms with Gasteiger partial charge in [0.2, 0.25) is 0 Å². The molecule has 0 spiro atoms. The summed E-state index contributed by atoms with van der Waals surface area (Å²) in [5.41, 5.74) is 8.60. The third-order valence-corrected chi connectivity index (χ3v) is 3.64. The van der Waals surface area contributed by atoms with E-state index in [4.69, 9.17) is 5.73 Å². The molecule has 106 valence electrons. The number of para-hydroxylation sites is 1. The molecule has 0 atom stereocenters. The standard InChI is InChI=1S/C15H13BrN4O/c1-8-5-10(16)7-18-14(8)20-15(21)12-6-9-3-2-4-11(17)13(9)19-12/h2-7,19H,17H2,1H3,(H,18,20,21). The SMILES string of the molecule is Cc1cc(Br)cnc1NC(=O)c1cc2cccc(N)c2[nH]1. The lowest BCUT2D eigenvalue weighted by Gasteiger charge is -2.06. The van der Waals surface area contributed by atoms with Crippen LogP contribution in [0.4, 0.5) is 11.5 Å². The van der Waals surface area contributed by atoms with Crippen molar-refractivity contribution >= 4 is 44.2 Å². The first-order valence-electron chi connectivity index (χ1n) is 6.35. The van der Waals surface area contributed by atoms with Crippen LogP contribution in [0.25, 0.3) is 10.9 Å². The first kappa shape index (κ1) is 13.6. The minimum Gasteiger partial charge on any atom is -0.397 e. The van der Waals surface area contributed by atoms with Gasteiger partial charge in [-0.25, -0.2) is 4.98 Å². The summed E-state index contributed by atoms with van der Waals surface area (Å²) in [5.74, 6) is 0.290. The summed E-state index contributed by atoms with van der Waals surface area (Å²) in [7, 11) is 0. The van der Waals surface area contributed by atoms with Crippen LogP contribution in [0, 0.1) is 6.92 Å². The van der Waals surface area contributed by atoms with Gasteiger partial charge in [0.25, 0.3) is 5.91 Å². The molecule has 0 aliphatic carbocycles. The summed E-state index contributed by atoms with van der Waals surface area (Å²) in [4.78, 5) is 19.5. The normalized spacial score (nSPS) is 10.8. The fourth-order valence-electron chi connectivity index (χ4n) is 2.15. The highest BCUT2D eigenvalue weighted by atomic mass is 79.9. The fraction of sp³-hybridized carbons (Fsp3) is 0.0667. The number of nitrogen functional groups attached to an aromatic ring is 1. The number of rotatable bonds is 2. The lowest BCUT2D eigenvalue weighted by molar-refractivity contribution is 0.102. The maximum absolute atomic E-state index is 12.3. The fourth-order valence-corrected chi connectivity index (χ4v) is 2.59. The van der Waals surface area contributed by atoms with Gasteiger partial charge in [-0.3, -0.25) is 4.79 Å². The molecule has 0 fully saturated rings. The molecule has 4 N–H and O–H groups in total. The highest BCUT2D eigenvalue weighted by Gasteiger charge is 2.12. The van der Waals surface area contributed by atoms with Crippen LogP contribution < -0.4 is 11.1 Å². The summed E-state index contributed by atoms with van der Waals surface area (Å²) in [6, 6.07) is 9.22. The first-order valence-corrected chi connectivity index (χ1v) is 7.14. The van der Waals surface area contributed by atoms with Gasteiger partial charge >= 0.3 is 0 Å². The number of nitrogens with one attached hydrogen (secondary N) is 2. The molecule has 3 rings (SSSR count). The molecule has 2 heterocycles. The Morgan fingerprint density at radius 3 is 2.90 bits per heavy atom. The second-order valence-corrected chi connectivity index (χ2v) is 5.68. The number of hydrogen-bond acceptors (Lipinski definition) is 3. The van der Waals surface area contributed by atoms with Gasteiger partial charge < -0.3 is 16.0 Å². The van der Waals surface area contributed by atoms with Crippen LogP contribution in [0.5, 0.6) is 0 Å². The predicted octanol–water partition coefficient (Wildman–Crippen LogP) is 3.47. The number of fused-ring (bicyclic) bond motifs is 1. The number of aromatic nitrogens is 2. The molecular weight excluding hydrogens is 332 g/mol. The zero-order valence-electron chi connectivity index (χ0n) is 11.3. The number of aromatic amines is 1. The van der Waals surface area contributed by atoms with E-state index in [0.29, 0.717) is 17.2 Å². The van der Waals surface area contributed by atoms with Crippen LogP contribution in [-0.4, -0.2) is 15.9 Å². The lowest BCUT2D eigenvalue weighted by Crippen LogP contribution is -2.14. The van der Waals surface area contributed by atoms with Gasteiger partial charge in [-0.05, 0) is 46.6 Å². The van der Waals surface area contributed by atoms with E-state index in [2.05, 4.69) is 31.2 Å². The lowest BCUT2D eigenvalue weighted by atomic mass is 10.2. The number of H-pyrrole nitrogens is 1. The van der Waals surface area contributed by atoms with E-state index in [1.54, 1.807) is 18.3 Å². The summed E-state index contributed by atoms with van der Waals surface area (Å²) in [6.45, 7) is 1.89. The van der Waals surface area contributed by atoms with E-state index < -0.39 is 0 Å². The average Bonchev–Trinajstić information content (AvgIpc) is 2.87. The third kappa shape index (κ3) is 2.62. The molecule has 0 unspecified atom stereocenters. The summed E-state index contributed by atoms with van der Waals surface area (Å²) < 4.78 is 0.872. The number of aryl methyl sites for hydroxylation is 1. The first-order chi connectivity index (χ1) is 10.0. The zero-order valence-corrected chi connectivity index (χ0v) is 12.9. The Hall–Kier alpha value is -2.34. The molecule has 0 radical (unpaired) electrons. The monoisotopic (exact) mass is 344 g/mol. The third-order valence-electron chi connectivity index (χ3n) is 3.21. The Labute approximate surface area is 129 Å². The van der Waals surface area contributed by atoms with Crippen LogP contribution in [0.2, 0.25) is 0 Å². The Bertz CT molecular complexity index is 841. The maximum Gasteiger partial charge on any atom is 0.273 e. The second kappa shape index (κ2) is 5.21. The predicted molar refractivity (Wildman–Crippen MR) is 87.3 cm³/mol. The average molecular weight is 345 g/mol. The zero-order chi connectivity index (χ0) is 15.0. The van der Waals surface area contributed by atoms with Crippen molar-refractivity contribution in [2.45, 2.75) is 6.92 Å². The van der Waals surface area contributed by atoms with Crippen LogP contribution in [0.15, 0.2) is 41.0 Å². The van der Waals surface area contributed by atoms with Gasteiger partial charge in [-0.1, -0.05) is 12.1 Å². The van der Waals surface area contributed by atoms with Crippen LogP contribution >= 0.6 is 15.9 Å². The molecule has 2 aromatic heterocycles. The summed E-state index contributed by atoms with van der Waals surface area (Å²) in [5, 5.41) is 3.69. The van der Waals surface area contributed by atoms with Gasteiger partial charge in [0.1, 0.15) is 11.5 Å². The van der Waals surface area contributed by atoms with E-state index in [9.17, 15) is 4.79 Å². The smallest absolute Gasteiger partial charge is 0.273 e. The molecular formula is C15H13BrN4O. The molecule has 21 heavy (non-hydrogen) atoms. The van der Waals surface area contributed by atoms with Crippen molar-refractivity contribution in [2.24, 2.45) is 0 Å². The molecule has 1 aromatic carbocycles. The molecule has 0 saturated carbocycles.